The number of nitrogens with zero attached hydrogens (tertiary/aromatic N) is 2. The molecule has 3 aliphatic heterocycles. The Bertz CT molecular complexity index is 1090. The molecule has 1 N–H and O–H groups in total. The number of ether oxygens (including phenoxy) is 2. The van der Waals surface area contributed by atoms with Gasteiger partial charge in [0.25, 0.3) is 0 Å². The number of para-hydroxylation sites is 2. The quantitative estimate of drug-likeness (QED) is 0.691. The van der Waals surface area contributed by atoms with Crippen molar-refractivity contribution < 1.29 is 9.47 Å². The normalized spacial score (nSPS) is 26.3. The molecule has 156 valence electrons. The highest BCUT2D eigenvalue weighted by Crippen LogP contribution is 2.53. The monoisotopic (exact) mass is 403 g/mol. The maximum absolute atomic E-state index is 5.87. The Kier molecular flexibility index (Phi) is 4.29. The van der Waals surface area contributed by atoms with Gasteiger partial charge in [0.15, 0.2) is 11.5 Å². The fourth-order valence-corrected chi connectivity index (χ4v) is 6.26. The Labute approximate surface area is 177 Å². The van der Waals surface area contributed by atoms with Gasteiger partial charge in [-0.3, -0.25) is 9.80 Å². The number of H-pyrrole nitrogens is 1. The van der Waals surface area contributed by atoms with E-state index in [1.54, 1.807) is 14.2 Å². The van der Waals surface area contributed by atoms with Crippen LogP contribution in [0.4, 0.5) is 0 Å². The van der Waals surface area contributed by atoms with Crippen molar-refractivity contribution in [3.8, 4) is 11.5 Å². The molecule has 5 heteroatoms. The van der Waals surface area contributed by atoms with Crippen LogP contribution in [-0.2, 0) is 6.42 Å². The predicted molar refractivity (Wildman–Crippen MR) is 118 cm³/mol. The lowest BCUT2D eigenvalue weighted by molar-refractivity contribution is 0.0950. The summed E-state index contributed by atoms with van der Waals surface area (Å²) in [6.45, 7) is 2.20. The maximum Gasteiger partial charge on any atom is 0.166 e. The summed E-state index contributed by atoms with van der Waals surface area (Å²) in [7, 11) is 3.48. The zero-order valence-corrected chi connectivity index (χ0v) is 17.7. The van der Waals surface area contributed by atoms with Crippen molar-refractivity contribution in [3.05, 3.63) is 59.3 Å². The molecule has 4 heterocycles. The number of hydrogen-bond donors (Lipinski definition) is 1. The topological polar surface area (TPSA) is 40.7 Å². The number of rotatable bonds is 3. The van der Waals surface area contributed by atoms with Gasteiger partial charge < -0.3 is 14.5 Å². The first-order valence-corrected chi connectivity index (χ1v) is 11.1. The van der Waals surface area contributed by atoms with Gasteiger partial charge in [0.1, 0.15) is 0 Å². The highest BCUT2D eigenvalue weighted by molar-refractivity contribution is 5.85. The van der Waals surface area contributed by atoms with Crippen LogP contribution in [0.15, 0.2) is 42.5 Å². The lowest BCUT2D eigenvalue weighted by atomic mass is 9.90. The van der Waals surface area contributed by atoms with Crippen molar-refractivity contribution in [3.63, 3.8) is 0 Å². The van der Waals surface area contributed by atoms with Gasteiger partial charge in [-0.05, 0) is 37.0 Å². The van der Waals surface area contributed by atoms with Gasteiger partial charge in [0.2, 0.25) is 0 Å². The molecule has 6 rings (SSSR count). The lowest BCUT2D eigenvalue weighted by Gasteiger charge is -2.35. The van der Waals surface area contributed by atoms with E-state index in [0.717, 1.165) is 31.0 Å². The molecule has 2 saturated heterocycles. The molecule has 3 aliphatic rings. The third-order valence-corrected chi connectivity index (χ3v) is 7.42. The first kappa shape index (κ1) is 18.3. The zero-order chi connectivity index (χ0) is 20.2. The van der Waals surface area contributed by atoms with E-state index in [4.69, 9.17) is 9.47 Å². The largest absolute Gasteiger partial charge is 0.493 e. The van der Waals surface area contributed by atoms with Crippen molar-refractivity contribution in [2.75, 3.05) is 27.3 Å². The zero-order valence-electron chi connectivity index (χ0n) is 17.7. The third kappa shape index (κ3) is 2.48. The fourth-order valence-electron chi connectivity index (χ4n) is 6.26. The van der Waals surface area contributed by atoms with Crippen molar-refractivity contribution in [2.45, 2.75) is 43.9 Å². The Morgan fingerprint density at radius 1 is 0.933 bits per heavy atom. The van der Waals surface area contributed by atoms with Gasteiger partial charge in [-0.15, -0.1) is 0 Å². The average Bonchev–Trinajstić information content (AvgIpc) is 3.34. The van der Waals surface area contributed by atoms with Crippen LogP contribution in [0.25, 0.3) is 10.9 Å². The standard InChI is InChI=1S/C25H29N3O2/c1-29-21-12-7-9-18(24(21)30-2)25-27-14-6-5-11-20(27)23-22-17(13-15-28(23)25)16-8-3-4-10-19(16)26-22/h3-4,7-10,12,20,23,25-26H,5-6,11,13-15H2,1-2H3/t20-,23?,25?/m1/s1. The molecule has 0 bridgehead atoms. The van der Waals surface area contributed by atoms with E-state index in [-0.39, 0.29) is 6.17 Å². The predicted octanol–water partition coefficient (Wildman–Crippen LogP) is 4.65. The summed E-state index contributed by atoms with van der Waals surface area (Å²) in [6.07, 6.45) is 5.13. The second-order valence-corrected chi connectivity index (χ2v) is 8.75. The number of methoxy groups -OCH3 is 2. The lowest BCUT2D eigenvalue weighted by Crippen LogP contribution is -2.38. The van der Waals surface area contributed by atoms with Crippen LogP contribution in [0.2, 0.25) is 0 Å². The average molecular weight is 404 g/mol. The van der Waals surface area contributed by atoms with Crippen LogP contribution < -0.4 is 9.47 Å². The van der Waals surface area contributed by atoms with E-state index in [0.29, 0.717) is 12.1 Å². The second kappa shape index (κ2) is 7.03. The van der Waals surface area contributed by atoms with E-state index in [9.17, 15) is 0 Å². The van der Waals surface area contributed by atoms with Crippen molar-refractivity contribution in [1.82, 2.24) is 14.8 Å². The van der Waals surface area contributed by atoms with Gasteiger partial charge in [-0.1, -0.05) is 36.8 Å². The fraction of sp³-hybridized carbons (Fsp3) is 0.440. The molecule has 5 nitrogen and oxygen atoms in total. The number of aromatic nitrogens is 1. The molecule has 1 aromatic heterocycles. The summed E-state index contributed by atoms with van der Waals surface area (Å²) in [5, 5.41) is 1.40. The summed E-state index contributed by atoms with van der Waals surface area (Å²) < 4.78 is 11.5. The molecular weight excluding hydrogens is 374 g/mol. The number of aromatic amines is 1. The van der Waals surface area contributed by atoms with E-state index < -0.39 is 0 Å². The summed E-state index contributed by atoms with van der Waals surface area (Å²) in [6, 6.07) is 16.0. The summed E-state index contributed by atoms with van der Waals surface area (Å²) in [5.41, 5.74) is 5.46. The van der Waals surface area contributed by atoms with Crippen LogP contribution >= 0.6 is 0 Å². The summed E-state index contributed by atoms with van der Waals surface area (Å²) >= 11 is 0. The number of piperidine rings is 1. The highest BCUT2D eigenvalue weighted by atomic mass is 16.5. The molecule has 0 aliphatic carbocycles. The maximum atomic E-state index is 5.87. The minimum absolute atomic E-state index is 0.227. The molecule has 3 aromatic rings. The van der Waals surface area contributed by atoms with E-state index in [1.165, 1.54) is 47.0 Å². The minimum Gasteiger partial charge on any atom is -0.493 e. The molecule has 2 unspecified atom stereocenters. The molecule has 2 fully saturated rings. The van der Waals surface area contributed by atoms with Gasteiger partial charge in [-0.25, -0.2) is 0 Å². The number of benzene rings is 2. The smallest absolute Gasteiger partial charge is 0.166 e. The molecular formula is C25H29N3O2. The number of hydrogen-bond acceptors (Lipinski definition) is 4. The van der Waals surface area contributed by atoms with Gasteiger partial charge in [-0.2, -0.15) is 0 Å². The van der Waals surface area contributed by atoms with Crippen LogP contribution in [0.3, 0.4) is 0 Å². The van der Waals surface area contributed by atoms with Crippen LogP contribution in [0, 0.1) is 0 Å². The molecule has 0 saturated carbocycles. The molecule has 0 radical (unpaired) electrons. The first-order valence-electron chi connectivity index (χ1n) is 11.1. The van der Waals surface area contributed by atoms with Gasteiger partial charge in [0, 0.05) is 41.3 Å². The number of nitrogens with one attached hydrogen (secondary N) is 1. The SMILES string of the molecule is COc1cccc(C2N3CCc4c([nH]c5ccccc45)C3[C@H]3CCCCN23)c1OC. The molecule has 2 aromatic carbocycles. The summed E-state index contributed by atoms with van der Waals surface area (Å²) in [4.78, 5) is 9.26. The van der Waals surface area contributed by atoms with Gasteiger partial charge in [0.05, 0.1) is 26.4 Å². The molecule has 3 atom stereocenters. The highest BCUT2D eigenvalue weighted by Gasteiger charge is 2.52. The van der Waals surface area contributed by atoms with E-state index in [2.05, 4.69) is 51.2 Å². The Morgan fingerprint density at radius 2 is 1.83 bits per heavy atom. The third-order valence-electron chi connectivity index (χ3n) is 7.42. The van der Waals surface area contributed by atoms with E-state index in [1.807, 2.05) is 6.07 Å². The number of fused-ring (bicyclic) bond motifs is 7. The van der Waals surface area contributed by atoms with Gasteiger partial charge >= 0.3 is 0 Å². The van der Waals surface area contributed by atoms with E-state index >= 15 is 0 Å². The van der Waals surface area contributed by atoms with Crippen molar-refractivity contribution in [2.24, 2.45) is 0 Å². The van der Waals surface area contributed by atoms with Crippen LogP contribution in [0.1, 0.15) is 48.3 Å². The van der Waals surface area contributed by atoms with Crippen LogP contribution in [0.5, 0.6) is 11.5 Å². The first-order chi connectivity index (χ1) is 14.8. The molecule has 0 spiro atoms. The Balaban J connectivity index is 1.51. The molecule has 30 heavy (non-hydrogen) atoms. The van der Waals surface area contributed by atoms with Crippen molar-refractivity contribution in [1.29, 1.82) is 0 Å². The minimum atomic E-state index is 0.227. The van der Waals surface area contributed by atoms with Crippen LogP contribution in [-0.4, -0.2) is 48.1 Å². The van der Waals surface area contributed by atoms with Crippen molar-refractivity contribution >= 4 is 10.9 Å². The Hall–Kier alpha value is -2.50. The Morgan fingerprint density at radius 3 is 2.70 bits per heavy atom. The summed E-state index contributed by atoms with van der Waals surface area (Å²) in [5.74, 6) is 1.69. The second-order valence-electron chi connectivity index (χ2n) is 8.75. The molecule has 0 amide bonds.